The zero-order valence-corrected chi connectivity index (χ0v) is 15.7. The Morgan fingerprint density at radius 3 is 2.58 bits per heavy atom. The summed E-state index contributed by atoms with van der Waals surface area (Å²) in [6, 6.07) is 10.9. The van der Waals surface area contributed by atoms with Gasteiger partial charge in [-0.05, 0) is 18.9 Å². The topological polar surface area (TPSA) is 111 Å². The molecule has 0 bridgehead atoms. The van der Waals surface area contributed by atoms with Crippen LogP contribution in [-0.4, -0.2) is 30.6 Å². The lowest BCUT2D eigenvalue weighted by atomic mass is 9.90. The third-order valence-electron chi connectivity index (χ3n) is 4.73. The van der Waals surface area contributed by atoms with E-state index in [9.17, 15) is 8.42 Å². The Bertz CT molecular complexity index is 1020. The number of hydrogen-bond donors (Lipinski definition) is 2. The van der Waals surface area contributed by atoms with Crippen molar-refractivity contribution in [2.24, 2.45) is 11.7 Å². The number of nitrogens with two attached hydrogens (primary N) is 1. The first-order valence-corrected chi connectivity index (χ1v) is 9.80. The molecule has 0 saturated carbocycles. The van der Waals surface area contributed by atoms with Crippen molar-refractivity contribution >= 4 is 21.1 Å². The van der Waals surface area contributed by atoms with Gasteiger partial charge >= 0.3 is 0 Å². The monoisotopic (exact) mass is 374 g/mol. The van der Waals surface area contributed by atoms with Gasteiger partial charge in [-0.1, -0.05) is 49.3 Å². The fourth-order valence-electron chi connectivity index (χ4n) is 2.53. The second kappa shape index (κ2) is 6.79. The molecule has 0 aliphatic heterocycles. The first-order chi connectivity index (χ1) is 12.3. The van der Waals surface area contributed by atoms with Crippen molar-refractivity contribution in [1.29, 1.82) is 0 Å². The van der Waals surface area contributed by atoms with Crippen molar-refractivity contribution in [3.8, 4) is 11.3 Å². The lowest BCUT2D eigenvalue weighted by Crippen LogP contribution is -2.54. The number of pyridine rings is 1. The summed E-state index contributed by atoms with van der Waals surface area (Å²) < 4.78 is 33.7. The summed E-state index contributed by atoms with van der Waals surface area (Å²) >= 11 is 0. The second-order valence-electron chi connectivity index (χ2n) is 6.80. The van der Waals surface area contributed by atoms with Gasteiger partial charge in [0, 0.05) is 17.6 Å². The number of sulfonamides is 1. The highest BCUT2D eigenvalue weighted by Gasteiger charge is 2.33. The fraction of sp³-hybridized carbons (Fsp3) is 0.333. The van der Waals surface area contributed by atoms with Crippen molar-refractivity contribution < 1.29 is 12.9 Å². The Hall–Kier alpha value is -2.29. The van der Waals surface area contributed by atoms with Crippen LogP contribution in [0.4, 0.5) is 0 Å². The molecule has 8 heteroatoms. The lowest BCUT2D eigenvalue weighted by molar-refractivity contribution is 0.315. The SMILES string of the molecule is CC(C)C(C)(CN)NS(=O)(=O)c1cnc2onc(-c3ccccc3)c2c1. The van der Waals surface area contributed by atoms with Gasteiger partial charge in [-0.2, -0.15) is 0 Å². The summed E-state index contributed by atoms with van der Waals surface area (Å²) in [5.74, 6) is 0.0226. The van der Waals surface area contributed by atoms with E-state index in [1.165, 1.54) is 12.3 Å². The van der Waals surface area contributed by atoms with Crippen LogP contribution < -0.4 is 10.5 Å². The number of aromatic nitrogens is 2. The average Bonchev–Trinajstić information content (AvgIpc) is 3.05. The molecule has 3 N–H and O–H groups in total. The van der Waals surface area contributed by atoms with Crippen LogP contribution in [0.5, 0.6) is 0 Å². The van der Waals surface area contributed by atoms with Gasteiger partial charge in [0.1, 0.15) is 10.6 Å². The highest BCUT2D eigenvalue weighted by Crippen LogP contribution is 2.29. The molecular weight excluding hydrogens is 352 g/mol. The molecule has 2 aromatic heterocycles. The van der Waals surface area contributed by atoms with E-state index in [1.807, 2.05) is 44.2 Å². The zero-order chi connectivity index (χ0) is 18.9. The molecule has 0 aliphatic carbocycles. The van der Waals surface area contributed by atoms with Crippen molar-refractivity contribution in [3.05, 3.63) is 42.6 Å². The van der Waals surface area contributed by atoms with E-state index in [-0.39, 0.29) is 23.1 Å². The van der Waals surface area contributed by atoms with Gasteiger partial charge in [0.15, 0.2) is 0 Å². The number of nitrogens with zero attached hydrogens (tertiary/aromatic N) is 2. The number of hydrogen-bond acceptors (Lipinski definition) is 6. The summed E-state index contributed by atoms with van der Waals surface area (Å²) in [4.78, 5) is 4.16. The van der Waals surface area contributed by atoms with Crippen molar-refractivity contribution in [1.82, 2.24) is 14.9 Å². The van der Waals surface area contributed by atoms with Gasteiger partial charge < -0.3 is 10.3 Å². The normalized spacial score (nSPS) is 14.7. The molecule has 0 fully saturated rings. The first-order valence-electron chi connectivity index (χ1n) is 8.32. The molecule has 1 atom stereocenters. The van der Waals surface area contributed by atoms with Gasteiger partial charge in [0.25, 0.3) is 5.71 Å². The molecule has 0 radical (unpaired) electrons. The molecule has 138 valence electrons. The molecule has 26 heavy (non-hydrogen) atoms. The molecule has 3 aromatic rings. The fourth-order valence-corrected chi connectivity index (χ4v) is 4.04. The third-order valence-corrected chi connectivity index (χ3v) is 6.31. The predicted octanol–water partition coefficient (Wildman–Crippen LogP) is 2.54. The van der Waals surface area contributed by atoms with E-state index in [0.717, 1.165) is 5.56 Å². The zero-order valence-electron chi connectivity index (χ0n) is 14.9. The molecule has 0 amide bonds. The minimum absolute atomic E-state index is 0.0226. The predicted molar refractivity (Wildman–Crippen MR) is 99.9 cm³/mol. The number of fused-ring (bicyclic) bond motifs is 1. The Kier molecular flexibility index (Phi) is 4.83. The Balaban J connectivity index is 2.06. The Labute approximate surface area is 152 Å². The van der Waals surface area contributed by atoms with Crippen LogP contribution in [-0.2, 0) is 10.0 Å². The van der Waals surface area contributed by atoms with Crippen LogP contribution in [0.3, 0.4) is 0 Å². The largest absolute Gasteiger partial charge is 0.335 e. The van der Waals surface area contributed by atoms with Crippen LogP contribution >= 0.6 is 0 Å². The number of nitrogens with one attached hydrogen (secondary N) is 1. The van der Waals surface area contributed by atoms with E-state index in [2.05, 4.69) is 14.9 Å². The van der Waals surface area contributed by atoms with Crippen LogP contribution in [0.1, 0.15) is 20.8 Å². The molecule has 0 saturated heterocycles. The Morgan fingerprint density at radius 1 is 1.27 bits per heavy atom. The third kappa shape index (κ3) is 3.35. The maximum Gasteiger partial charge on any atom is 0.258 e. The van der Waals surface area contributed by atoms with Gasteiger partial charge in [-0.15, -0.1) is 0 Å². The molecule has 2 heterocycles. The lowest BCUT2D eigenvalue weighted by Gasteiger charge is -2.33. The van der Waals surface area contributed by atoms with Crippen LogP contribution in [0.15, 0.2) is 52.0 Å². The van der Waals surface area contributed by atoms with Gasteiger partial charge in [0.05, 0.1) is 11.6 Å². The van der Waals surface area contributed by atoms with Crippen LogP contribution in [0.25, 0.3) is 22.4 Å². The molecule has 1 aromatic carbocycles. The van der Waals surface area contributed by atoms with E-state index in [0.29, 0.717) is 11.1 Å². The van der Waals surface area contributed by atoms with Gasteiger partial charge in [-0.25, -0.2) is 18.1 Å². The van der Waals surface area contributed by atoms with Crippen LogP contribution in [0.2, 0.25) is 0 Å². The summed E-state index contributed by atoms with van der Waals surface area (Å²) in [5, 5.41) is 4.57. The Morgan fingerprint density at radius 2 is 1.96 bits per heavy atom. The summed E-state index contributed by atoms with van der Waals surface area (Å²) in [5.41, 5.74) is 6.70. The van der Waals surface area contributed by atoms with E-state index in [1.54, 1.807) is 6.92 Å². The van der Waals surface area contributed by atoms with Gasteiger partial charge in [-0.3, -0.25) is 0 Å². The molecule has 3 rings (SSSR count). The van der Waals surface area contributed by atoms with Crippen molar-refractivity contribution in [3.63, 3.8) is 0 Å². The van der Waals surface area contributed by atoms with Crippen molar-refractivity contribution in [2.75, 3.05) is 6.54 Å². The van der Waals surface area contributed by atoms with Gasteiger partial charge in [0.2, 0.25) is 10.0 Å². The quantitative estimate of drug-likeness (QED) is 0.686. The maximum absolute atomic E-state index is 12.9. The molecule has 0 aliphatic rings. The number of rotatable bonds is 6. The summed E-state index contributed by atoms with van der Waals surface area (Å²) in [6.07, 6.45) is 1.27. The molecule has 7 nitrogen and oxygen atoms in total. The van der Waals surface area contributed by atoms with E-state index in [4.69, 9.17) is 10.3 Å². The smallest absolute Gasteiger partial charge is 0.258 e. The molecular formula is C18H22N4O3S. The minimum atomic E-state index is -3.81. The van der Waals surface area contributed by atoms with Crippen molar-refractivity contribution in [2.45, 2.75) is 31.2 Å². The standard InChI is InChI=1S/C18H22N4O3S/c1-12(2)18(3,11-19)22-26(23,24)14-9-15-16(13-7-5-4-6-8-13)21-25-17(15)20-10-14/h4-10,12,22H,11,19H2,1-3H3. The summed E-state index contributed by atoms with van der Waals surface area (Å²) in [6.45, 7) is 5.81. The maximum atomic E-state index is 12.9. The molecule has 1 unspecified atom stereocenters. The minimum Gasteiger partial charge on any atom is -0.335 e. The summed E-state index contributed by atoms with van der Waals surface area (Å²) in [7, 11) is -3.81. The highest BCUT2D eigenvalue weighted by atomic mass is 32.2. The first kappa shape index (κ1) is 18.5. The highest BCUT2D eigenvalue weighted by molar-refractivity contribution is 7.89. The number of benzene rings is 1. The van der Waals surface area contributed by atoms with Crippen LogP contribution in [0, 0.1) is 5.92 Å². The molecule has 0 spiro atoms. The average molecular weight is 374 g/mol. The second-order valence-corrected chi connectivity index (χ2v) is 8.49. The van der Waals surface area contributed by atoms with E-state index < -0.39 is 15.6 Å². The van der Waals surface area contributed by atoms with E-state index >= 15 is 0 Å².